The van der Waals surface area contributed by atoms with Gasteiger partial charge in [-0.3, -0.25) is 0 Å². The number of rotatable bonds is 1. The van der Waals surface area contributed by atoms with Gasteiger partial charge in [-0.2, -0.15) is 0 Å². The second kappa shape index (κ2) is 5.91. The molecule has 1 aromatic carbocycles. The van der Waals surface area contributed by atoms with E-state index in [-0.39, 0.29) is 6.09 Å². The molecular weight excluding hydrogens is 288 g/mol. The van der Waals surface area contributed by atoms with Crippen LogP contribution in [-0.2, 0) is 4.74 Å². The molecule has 4 nitrogen and oxygen atoms in total. The van der Waals surface area contributed by atoms with Gasteiger partial charge in [0.2, 0.25) is 0 Å². The van der Waals surface area contributed by atoms with Gasteiger partial charge in [0.05, 0.1) is 0 Å². The molecule has 0 bridgehead atoms. The van der Waals surface area contributed by atoms with Crippen LogP contribution in [-0.4, -0.2) is 34.3 Å². The number of likely N-dealkylation sites (tertiary alicyclic amines) is 1. The Morgan fingerprint density at radius 1 is 1.22 bits per heavy atom. The van der Waals surface area contributed by atoms with Crippen molar-refractivity contribution in [1.29, 1.82) is 0 Å². The lowest BCUT2D eigenvalue weighted by atomic mass is 9.93. The van der Waals surface area contributed by atoms with Crippen LogP contribution in [0, 0.1) is 5.92 Å². The van der Waals surface area contributed by atoms with Gasteiger partial charge in [0.15, 0.2) is 0 Å². The van der Waals surface area contributed by atoms with E-state index in [1.807, 2.05) is 25.7 Å². The van der Waals surface area contributed by atoms with E-state index in [0.717, 1.165) is 19.5 Å². The monoisotopic (exact) mass is 314 g/mol. The fourth-order valence-corrected chi connectivity index (χ4v) is 3.43. The van der Waals surface area contributed by atoms with Crippen LogP contribution < -0.4 is 0 Å². The second-order valence-corrected chi connectivity index (χ2v) is 7.54. The zero-order valence-electron chi connectivity index (χ0n) is 14.5. The largest absolute Gasteiger partial charge is 0.444 e. The van der Waals surface area contributed by atoms with Gasteiger partial charge in [0.25, 0.3) is 0 Å². The molecule has 4 heteroatoms. The average Bonchev–Trinajstić information content (AvgIpc) is 2.89. The van der Waals surface area contributed by atoms with E-state index in [2.05, 4.69) is 48.0 Å². The molecule has 1 aliphatic heterocycles. The molecule has 2 aromatic rings. The number of fused-ring (bicyclic) bond motifs is 1. The van der Waals surface area contributed by atoms with Gasteiger partial charge in [-0.25, -0.2) is 4.79 Å². The van der Waals surface area contributed by atoms with E-state index in [9.17, 15) is 4.79 Å². The predicted molar refractivity (Wildman–Crippen MR) is 92.6 cm³/mol. The van der Waals surface area contributed by atoms with Crippen LogP contribution in [0.5, 0.6) is 0 Å². The number of para-hydroxylation sites is 1. The quantitative estimate of drug-likeness (QED) is 0.779. The van der Waals surface area contributed by atoms with Crippen LogP contribution in [0.4, 0.5) is 4.79 Å². The highest BCUT2D eigenvalue weighted by Gasteiger charge is 2.32. The van der Waals surface area contributed by atoms with Gasteiger partial charge in [-0.05, 0) is 50.6 Å². The SMILES string of the molecule is C[C@@H]1CN(C(=O)OC(C)(C)C)CC[C@@H]1n1ccc2ccccc21. The lowest BCUT2D eigenvalue weighted by Gasteiger charge is -2.38. The molecule has 0 saturated carbocycles. The van der Waals surface area contributed by atoms with Gasteiger partial charge in [-0.1, -0.05) is 25.1 Å². The number of benzene rings is 1. The van der Waals surface area contributed by atoms with E-state index < -0.39 is 5.60 Å². The Morgan fingerprint density at radius 2 is 1.96 bits per heavy atom. The maximum absolute atomic E-state index is 12.3. The molecule has 0 aliphatic carbocycles. The summed E-state index contributed by atoms with van der Waals surface area (Å²) >= 11 is 0. The number of amides is 1. The van der Waals surface area contributed by atoms with Crippen molar-refractivity contribution in [1.82, 2.24) is 9.47 Å². The lowest BCUT2D eigenvalue weighted by Crippen LogP contribution is -2.45. The Morgan fingerprint density at radius 3 is 2.65 bits per heavy atom. The molecule has 23 heavy (non-hydrogen) atoms. The summed E-state index contributed by atoms with van der Waals surface area (Å²) in [6, 6.07) is 11.1. The van der Waals surface area contributed by atoms with Gasteiger partial charge in [0, 0.05) is 30.8 Å². The number of aromatic nitrogens is 1. The van der Waals surface area contributed by atoms with Crippen molar-refractivity contribution in [3.05, 3.63) is 36.5 Å². The summed E-state index contributed by atoms with van der Waals surface area (Å²) in [4.78, 5) is 14.1. The van der Waals surface area contributed by atoms with Crippen molar-refractivity contribution in [3.63, 3.8) is 0 Å². The molecule has 124 valence electrons. The van der Waals surface area contributed by atoms with Crippen LogP contribution in [0.25, 0.3) is 10.9 Å². The number of nitrogens with zero attached hydrogens (tertiary/aromatic N) is 2. The fourth-order valence-electron chi connectivity index (χ4n) is 3.43. The van der Waals surface area contributed by atoms with Crippen molar-refractivity contribution in [2.45, 2.75) is 45.8 Å². The molecule has 0 radical (unpaired) electrons. The van der Waals surface area contributed by atoms with E-state index in [0.29, 0.717) is 12.0 Å². The smallest absolute Gasteiger partial charge is 0.410 e. The van der Waals surface area contributed by atoms with Crippen LogP contribution >= 0.6 is 0 Å². The van der Waals surface area contributed by atoms with Crippen molar-refractivity contribution in [2.75, 3.05) is 13.1 Å². The third kappa shape index (κ3) is 3.36. The molecule has 1 fully saturated rings. The van der Waals surface area contributed by atoms with Crippen molar-refractivity contribution < 1.29 is 9.53 Å². The Labute approximate surface area is 138 Å². The Balaban J connectivity index is 1.73. The number of ether oxygens (including phenoxy) is 1. The average molecular weight is 314 g/mol. The molecule has 0 spiro atoms. The summed E-state index contributed by atoms with van der Waals surface area (Å²) in [5, 5.41) is 1.27. The number of carbonyl (C=O) groups is 1. The zero-order valence-corrected chi connectivity index (χ0v) is 14.5. The topological polar surface area (TPSA) is 34.5 Å². The maximum atomic E-state index is 12.3. The van der Waals surface area contributed by atoms with E-state index in [1.165, 1.54) is 10.9 Å². The molecule has 3 rings (SSSR count). The summed E-state index contributed by atoms with van der Waals surface area (Å²) in [6.07, 6.45) is 2.94. The number of carbonyl (C=O) groups excluding carboxylic acids is 1. The molecule has 1 amide bonds. The molecule has 1 saturated heterocycles. The van der Waals surface area contributed by atoms with Crippen LogP contribution in [0.2, 0.25) is 0 Å². The minimum atomic E-state index is -0.437. The lowest BCUT2D eigenvalue weighted by molar-refractivity contribution is 0.0127. The zero-order chi connectivity index (χ0) is 16.6. The Kier molecular flexibility index (Phi) is 4.09. The first-order valence-corrected chi connectivity index (χ1v) is 8.38. The normalized spacial score (nSPS) is 22.3. The summed E-state index contributed by atoms with van der Waals surface area (Å²) in [5.41, 5.74) is 0.837. The molecule has 1 aliphatic rings. The predicted octanol–water partition coefficient (Wildman–Crippen LogP) is 4.46. The number of hydrogen-bond acceptors (Lipinski definition) is 2. The summed E-state index contributed by atoms with van der Waals surface area (Å²) in [5.74, 6) is 0.395. The van der Waals surface area contributed by atoms with E-state index >= 15 is 0 Å². The van der Waals surface area contributed by atoms with Crippen LogP contribution in [0.3, 0.4) is 0 Å². The number of hydrogen-bond donors (Lipinski definition) is 0. The standard InChI is InChI=1S/C19H26N2O2/c1-14-13-20(18(22)23-19(2,3)4)11-10-16(14)21-12-9-15-7-5-6-8-17(15)21/h5-9,12,14,16H,10-11,13H2,1-4H3/t14-,16+/m1/s1. The Bertz CT molecular complexity index is 699. The molecular formula is C19H26N2O2. The van der Waals surface area contributed by atoms with Crippen molar-refractivity contribution in [2.24, 2.45) is 5.92 Å². The van der Waals surface area contributed by atoms with Crippen LogP contribution in [0.15, 0.2) is 36.5 Å². The molecule has 2 atom stereocenters. The van der Waals surface area contributed by atoms with Gasteiger partial charge in [-0.15, -0.1) is 0 Å². The number of piperidine rings is 1. The highest BCUT2D eigenvalue weighted by Crippen LogP contribution is 2.32. The summed E-state index contributed by atoms with van der Waals surface area (Å²) in [6.45, 7) is 9.44. The first kappa shape index (κ1) is 15.9. The van der Waals surface area contributed by atoms with E-state index in [1.54, 1.807) is 0 Å². The van der Waals surface area contributed by atoms with Gasteiger partial charge < -0.3 is 14.2 Å². The van der Waals surface area contributed by atoms with Crippen molar-refractivity contribution >= 4 is 17.0 Å². The highest BCUT2D eigenvalue weighted by molar-refractivity contribution is 5.80. The van der Waals surface area contributed by atoms with Crippen molar-refractivity contribution in [3.8, 4) is 0 Å². The molecule has 1 aromatic heterocycles. The molecule has 2 heterocycles. The highest BCUT2D eigenvalue weighted by atomic mass is 16.6. The molecule has 0 unspecified atom stereocenters. The first-order valence-electron chi connectivity index (χ1n) is 8.38. The van der Waals surface area contributed by atoms with Crippen LogP contribution in [0.1, 0.15) is 40.2 Å². The fraction of sp³-hybridized carbons (Fsp3) is 0.526. The third-order valence-corrected chi connectivity index (χ3v) is 4.50. The minimum Gasteiger partial charge on any atom is -0.444 e. The van der Waals surface area contributed by atoms with E-state index in [4.69, 9.17) is 4.74 Å². The summed E-state index contributed by atoms with van der Waals surface area (Å²) in [7, 11) is 0. The molecule has 0 N–H and O–H groups in total. The van der Waals surface area contributed by atoms with Gasteiger partial charge >= 0.3 is 6.09 Å². The first-order chi connectivity index (χ1) is 10.8. The minimum absolute atomic E-state index is 0.194. The van der Waals surface area contributed by atoms with Gasteiger partial charge in [0.1, 0.15) is 5.60 Å². The second-order valence-electron chi connectivity index (χ2n) is 7.54. The Hall–Kier alpha value is -1.97. The summed E-state index contributed by atoms with van der Waals surface area (Å²) < 4.78 is 7.87. The maximum Gasteiger partial charge on any atom is 0.410 e. The third-order valence-electron chi connectivity index (χ3n) is 4.50.